The maximum absolute atomic E-state index is 12.4. The molecule has 1 aromatic heterocycles. The van der Waals surface area contributed by atoms with Gasteiger partial charge in [-0.3, -0.25) is 14.6 Å². The van der Waals surface area contributed by atoms with Gasteiger partial charge in [-0.15, -0.1) is 11.3 Å². The Morgan fingerprint density at radius 1 is 1.03 bits per heavy atom. The molecule has 30 heavy (non-hydrogen) atoms. The van der Waals surface area contributed by atoms with Crippen LogP contribution in [-0.4, -0.2) is 53.4 Å². The first kappa shape index (κ1) is 20.2. The van der Waals surface area contributed by atoms with Gasteiger partial charge in [0.2, 0.25) is 5.91 Å². The Balaban J connectivity index is 1.25. The zero-order valence-electron chi connectivity index (χ0n) is 16.6. The highest BCUT2D eigenvalue weighted by Gasteiger charge is 2.20. The molecule has 1 saturated heterocycles. The third-order valence-corrected chi connectivity index (χ3v) is 6.05. The zero-order chi connectivity index (χ0) is 20.8. The molecule has 152 valence electrons. The Bertz CT molecular complexity index is 1040. The number of nitrogens with zero attached hydrogens (tertiary/aromatic N) is 4. The minimum atomic E-state index is -0.0850. The summed E-state index contributed by atoms with van der Waals surface area (Å²) in [6.45, 7) is 4.65. The first-order valence-electron chi connectivity index (χ1n) is 9.95. The summed E-state index contributed by atoms with van der Waals surface area (Å²) in [5.74, 6) is -0.0850. The fourth-order valence-corrected chi connectivity index (χ4v) is 4.33. The number of para-hydroxylation sites is 1. The molecule has 4 rings (SSSR count). The molecule has 2 aromatic carbocycles. The lowest BCUT2D eigenvalue weighted by Crippen LogP contribution is -2.48. The lowest BCUT2D eigenvalue weighted by molar-refractivity contribution is -0.117. The molecule has 0 spiro atoms. The standard InChI is InChI=1S/C23H23N5OS/c24-14-19-8-4-5-9-21(19)26-22(29)16-28-12-10-27(11-13-28)15-20-17-30-23(25-20)18-6-2-1-3-7-18/h1-9,17H,10-13,15-16H2,(H,26,29). The van der Waals surface area contributed by atoms with E-state index in [9.17, 15) is 4.79 Å². The van der Waals surface area contributed by atoms with Crippen molar-refractivity contribution in [2.24, 2.45) is 0 Å². The number of nitrogens with one attached hydrogen (secondary N) is 1. The predicted molar refractivity (Wildman–Crippen MR) is 119 cm³/mol. The normalized spacial score (nSPS) is 14.9. The average molecular weight is 418 g/mol. The number of amides is 1. The second-order valence-electron chi connectivity index (χ2n) is 7.27. The molecule has 0 radical (unpaired) electrons. The summed E-state index contributed by atoms with van der Waals surface area (Å²) in [5, 5.41) is 15.2. The van der Waals surface area contributed by atoms with Crippen LogP contribution in [0.5, 0.6) is 0 Å². The Morgan fingerprint density at radius 3 is 2.50 bits per heavy atom. The second kappa shape index (κ2) is 9.63. The number of carbonyl (C=O) groups excluding carboxylic acids is 1. The van der Waals surface area contributed by atoms with Crippen molar-refractivity contribution in [3.63, 3.8) is 0 Å². The molecular weight excluding hydrogens is 394 g/mol. The van der Waals surface area contributed by atoms with Crippen molar-refractivity contribution in [2.75, 3.05) is 38.0 Å². The van der Waals surface area contributed by atoms with Crippen molar-refractivity contribution < 1.29 is 4.79 Å². The molecule has 1 fully saturated rings. The first-order chi connectivity index (χ1) is 14.7. The highest BCUT2D eigenvalue weighted by atomic mass is 32.1. The quantitative estimate of drug-likeness (QED) is 0.665. The third kappa shape index (κ3) is 5.10. The van der Waals surface area contributed by atoms with Crippen LogP contribution in [0.4, 0.5) is 5.69 Å². The summed E-state index contributed by atoms with van der Waals surface area (Å²) in [5.41, 5.74) is 3.30. The van der Waals surface area contributed by atoms with E-state index in [1.807, 2.05) is 24.3 Å². The van der Waals surface area contributed by atoms with Crippen LogP contribution in [0.15, 0.2) is 60.0 Å². The van der Waals surface area contributed by atoms with Crippen molar-refractivity contribution in [3.8, 4) is 16.6 Å². The largest absolute Gasteiger partial charge is 0.324 e. The molecule has 1 aliphatic rings. The first-order valence-corrected chi connectivity index (χ1v) is 10.8. The SMILES string of the molecule is N#Cc1ccccc1NC(=O)CN1CCN(Cc2csc(-c3ccccc3)n2)CC1. The van der Waals surface area contributed by atoms with E-state index in [1.165, 1.54) is 0 Å². The van der Waals surface area contributed by atoms with Gasteiger partial charge in [0.25, 0.3) is 0 Å². The summed E-state index contributed by atoms with van der Waals surface area (Å²) in [7, 11) is 0. The molecular formula is C23H23N5OS. The molecule has 1 amide bonds. The molecule has 0 saturated carbocycles. The van der Waals surface area contributed by atoms with Gasteiger partial charge in [0.05, 0.1) is 23.5 Å². The van der Waals surface area contributed by atoms with Crippen LogP contribution in [0.25, 0.3) is 10.6 Å². The van der Waals surface area contributed by atoms with Gasteiger partial charge < -0.3 is 5.32 Å². The van der Waals surface area contributed by atoms with Crippen LogP contribution >= 0.6 is 11.3 Å². The molecule has 6 nitrogen and oxygen atoms in total. The molecule has 7 heteroatoms. The van der Waals surface area contributed by atoms with Gasteiger partial charge in [-0.05, 0) is 12.1 Å². The fraction of sp³-hybridized carbons (Fsp3) is 0.261. The van der Waals surface area contributed by atoms with Crippen LogP contribution < -0.4 is 5.32 Å². The number of benzene rings is 2. The highest BCUT2D eigenvalue weighted by Crippen LogP contribution is 2.24. The van der Waals surface area contributed by atoms with Crippen LogP contribution in [0, 0.1) is 11.3 Å². The predicted octanol–water partition coefficient (Wildman–Crippen LogP) is 3.44. The fourth-order valence-electron chi connectivity index (χ4n) is 3.51. The van der Waals surface area contributed by atoms with Crippen LogP contribution in [0.2, 0.25) is 0 Å². The molecule has 0 atom stereocenters. The topological polar surface area (TPSA) is 72.3 Å². The lowest BCUT2D eigenvalue weighted by atomic mass is 10.2. The Hall–Kier alpha value is -3.05. The number of hydrogen-bond acceptors (Lipinski definition) is 6. The maximum atomic E-state index is 12.4. The van der Waals surface area contributed by atoms with E-state index in [1.54, 1.807) is 29.5 Å². The van der Waals surface area contributed by atoms with E-state index in [0.29, 0.717) is 17.8 Å². The Kier molecular flexibility index (Phi) is 6.50. The van der Waals surface area contributed by atoms with E-state index < -0.39 is 0 Å². The van der Waals surface area contributed by atoms with Crippen LogP contribution in [-0.2, 0) is 11.3 Å². The van der Waals surface area contributed by atoms with E-state index in [2.05, 4.69) is 38.7 Å². The van der Waals surface area contributed by atoms with Crippen molar-refractivity contribution in [3.05, 3.63) is 71.2 Å². The van der Waals surface area contributed by atoms with Gasteiger partial charge in [-0.25, -0.2) is 4.98 Å². The van der Waals surface area contributed by atoms with Crippen molar-refractivity contribution in [2.45, 2.75) is 6.54 Å². The maximum Gasteiger partial charge on any atom is 0.238 e. The number of aromatic nitrogens is 1. The summed E-state index contributed by atoms with van der Waals surface area (Å²) in [6.07, 6.45) is 0. The van der Waals surface area contributed by atoms with E-state index in [4.69, 9.17) is 10.2 Å². The average Bonchev–Trinajstić information content (AvgIpc) is 3.24. The van der Waals surface area contributed by atoms with Crippen LogP contribution in [0.1, 0.15) is 11.3 Å². The molecule has 0 aliphatic carbocycles. The zero-order valence-corrected chi connectivity index (χ0v) is 17.4. The number of hydrogen-bond donors (Lipinski definition) is 1. The van der Waals surface area contributed by atoms with Crippen molar-refractivity contribution in [1.29, 1.82) is 5.26 Å². The van der Waals surface area contributed by atoms with Crippen molar-refractivity contribution >= 4 is 22.9 Å². The highest BCUT2D eigenvalue weighted by molar-refractivity contribution is 7.13. The lowest BCUT2D eigenvalue weighted by Gasteiger charge is -2.33. The third-order valence-electron chi connectivity index (χ3n) is 5.11. The minimum absolute atomic E-state index is 0.0850. The summed E-state index contributed by atoms with van der Waals surface area (Å²) in [6, 6.07) is 19.4. The Morgan fingerprint density at radius 2 is 1.73 bits per heavy atom. The second-order valence-corrected chi connectivity index (χ2v) is 8.13. The van der Waals surface area contributed by atoms with Gasteiger partial charge in [0, 0.05) is 43.7 Å². The summed E-state index contributed by atoms with van der Waals surface area (Å²) >= 11 is 1.68. The number of anilines is 1. The number of piperazine rings is 1. The van der Waals surface area contributed by atoms with Gasteiger partial charge in [-0.1, -0.05) is 42.5 Å². The van der Waals surface area contributed by atoms with Gasteiger partial charge in [0.1, 0.15) is 11.1 Å². The monoisotopic (exact) mass is 417 g/mol. The summed E-state index contributed by atoms with van der Waals surface area (Å²) < 4.78 is 0. The summed E-state index contributed by atoms with van der Waals surface area (Å²) in [4.78, 5) is 21.7. The minimum Gasteiger partial charge on any atom is -0.324 e. The molecule has 1 N–H and O–H groups in total. The van der Waals surface area contributed by atoms with E-state index in [0.717, 1.165) is 49.0 Å². The molecule has 3 aromatic rings. The van der Waals surface area contributed by atoms with Crippen molar-refractivity contribution in [1.82, 2.24) is 14.8 Å². The van der Waals surface area contributed by atoms with Gasteiger partial charge in [0.15, 0.2) is 0 Å². The molecule has 0 bridgehead atoms. The Labute approximate surface area is 180 Å². The molecule has 1 aliphatic heterocycles. The van der Waals surface area contributed by atoms with E-state index >= 15 is 0 Å². The van der Waals surface area contributed by atoms with E-state index in [-0.39, 0.29) is 5.91 Å². The van der Waals surface area contributed by atoms with Gasteiger partial charge in [-0.2, -0.15) is 5.26 Å². The number of rotatable bonds is 6. The van der Waals surface area contributed by atoms with Crippen LogP contribution in [0.3, 0.4) is 0 Å². The number of carbonyl (C=O) groups is 1. The molecule has 0 unspecified atom stereocenters. The van der Waals surface area contributed by atoms with Gasteiger partial charge >= 0.3 is 0 Å². The number of thiazole rings is 1. The smallest absolute Gasteiger partial charge is 0.238 e. The number of nitriles is 1. The molecule has 2 heterocycles.